The second kappa shape index (κ2) is 6.83. The van der Waals surface area contributed by atoms with Gasteiger partial charge in [-0.2, -0.15) is 5.10 Å². The number of fused-ring (bicyclic) bond motifs is 1. The summed E-state index contributed by atoms with van der Waals surface area (Å²) in [5.41, 5.74) is 2.31. The predicted molar refractivity (Wildman–Crippen MR) is 88.2 cm³/mol. The van der Waals surface area contributed by atoms with E-state index in [0.717, 1.165) is 36.6 Å². The number of rotatable bonds is 7. The highest BCUT2D eigenvalue weighted by Gasteiger charge is 2.07. The fraction of sp³-hybridized carbons (Fsp3) is 0.375. The number of thiazole rings is 1. The Morgan fingerprint density at radius 2 is 2.14 bits per heavy atom. The highest BCUT2D eigenvalue weighted by molar-refractivity contribution is 7.20. The molecule has 1 aromatic carbocycles. The molecule has 0 fully saturated rings. The molecule has 0 atom stereocenters. The summed E-state index contributed by atoms with van der Waals surface area (Å²) in [6.45, 7) is 4.36. The van der Waals surface area contributed by atoms with Crippen molar-refractivity contribution in [1.82, 2.24) is 20.1 Å². The van der Waals surface area contributed by atoms with Crippen LogP contribution in [0.3, 0.4) is 0 Å². The van der Waals surface area contributed by atoms with Crippen molar-refractivity contribution in [2.24, 2.45) is 0 Å². The molecule has 0 saturated heterocycles. The first-order valence-corrected chi connectivity index (χ1v) is 8.28. The van der Waals surface area contributed by atoms with Crippen LogP contribution in [0.5, 0.6) is 0 Å². The van der Waals surface area contributed by atoms with E-state index in [9.17, 15) is 0 Å². The SMILES string of the molecule is CCCNCCCc1cnn(-c2nc3ccccc3s2)c1. The van der Waals surface area contributed by atoms with Crippen LogP contribution in [0.15, 0.2) is 36.7 Å². The van der Waals surface area contributed by atoms with Crippen molar-refractivity contribution in [2.75, 3.05) is 13.1 Å². The smallest absolute Gasteiger partial charge is 0.211 e. The van der Waals surface area contributed by atoms with Gasteiger partial charge in [0.25, 0.3) is 0 Å². The van der Waals surface area contributed by atoms with Gasteiger partial charge >= 0.3 is 0 Å². The predicted octanol–water partition coefficient (Wildman–Crippen LogP) is 3.41. The highest BCUT2D eigenvalue weighted by Crippen LogP contribution is 2.24. The molecule has 110 valence electrons. The number of benzene rings is 1. The maximum Gasteiger partial charge on any atom is 0.211 e. The molecule has 0 saturated carbocycles. The second-order valence-electron chi connectivity index (χ2n) is 5.11. The molecule has 3 rings (SSSR count). The van der Waals surface area contributed by atoms with Crippen molar-refractivity contribution < 1.29 is 0 Å². The van der Waals surface area contributed by atoms with Gasteiger partial charge in [0.2, 0.25) is 5.13 Å². The molecule has 0 bridgehead atoms. The Balaban J connectivity index is 1.64. The topological polar surface area (TPSA) is 42.7 Å². The number of hydrogen-bond acceptors (Lipinski definition) is 4. The van der Waals surface area contributed by atoms with Gasteiger partial charge in [-0.1, -0.05) is 30.4 Å². The Morgan fingerprint density at radius 1 is 1.24 bits per heavy atom. The van der Waals surface area contributed by atoms with E-state index in [4.69, 9.17) is 0 Å². The largest absolute Gasteiger partial charge is 0.317 e. The summed E-state index contributed by atoms with van der Waals surface area (Å²) in [6.07, 6.45) is 7.44. The lowest BCUT2D eigenvalue weighted by atomic mass is 10.2. The minimum atomic E-state index is 0.937. The van der Waals surface area contributed by atoms with Gasteiger partial charge in [-0.15, -0.1) is 0 Å². The third-order valence-corrected chi connectivity index (χ3v) is 4.39. The van der Waals surface area contributed by atoms with Crippen molar-refractivity contribution in [3.63, 3.8) is 0 Å². The Bertz CT molecular complexity index is 668. The number of aromatic nitrogens is 3. The first-order valence-electron chi connectivity index (χ1n) is 7.47. The van der Waals surface area contributed by atoms with Gasteiger partial charge in [0.1, 0.15) is 0 Å². The number of nitrogens with zero attached hydrogens (tertiary/aromatic N) is 3. The average Bonchev–Trinajstić information content (AvgIpc) is 3.13. The Labute approximate surface area is 128 Å². The van der Waals surface area contributed by atoms with Gasteiger partial charge in [-0.3, -0.25) is 0 Å². The van der Waals surface area contributed by atoms with E-state index in [2.05, 4.69) is 34.6 Å². The number of para-hydroxylation sites is 1. The van der Waals surface area contributed by atoms with Gasteiger partial charge in [-0.25, -0.2) is 9.67 Å². The zero-order valence-corrected chi connectivity index (χ0v) is 13.1. The molecule has 0 aliphatic heterocycles. The van der Waals surface area contributed by atoms with Gasteiger partial charge in [0.15, 0.2) is 0 Å². The fourth-order valence-electron chi connectivity index (χ4n) is 2.27. The minimum absolute atomic E-state index is 0.937. The standard InChI is InChI=1S/C16H20N4S/c1-2-9-17-10-5-6-13-11-18-20(12-13)16-19-14-7-3-4-8-15(14)21-16/h3-4,7-8,11-12,17H,2,5-6,9-10H2,1H3. The van der Waals surface area contributed by atoms with Gasteiger partial charge in [0, 0.05) is 6.20 Å². The third-order valence-electron chi connectivity index (χ3n) is 3.36. The zero-order valence-electron chi connectivity index (χ0n) is 12.2. The molecule has 2 aromatic heterocycles. The molecule has 0 aliphatic carbocycles. The van der Waals surface area contributed by atoms with E-state index < -0.39 is 0 Å². The molecule has 5 heteroatoms. The molecule has 2 heterocycles. The van der Waals surface area contributed by atoms with Crippen LogP contribution in [0.1, 0.15) is 25.3 Å². The maximum absolute atomic E-state index is 4.62. The summed E-state index contributed by atoms with van der Waals surface area (Å²) in [7, 11) is 0. The Morgan fingerprint density at radius 3 is 3.00 bits per heavy atom. The zero-order chi connectivity index (χ0) is 14.5. The van der Waals surface area contributed by atoms with Crippen molar-refractivity contribution in [3.8, 4) is 5.13 Å². The Hall–Kier alpha value is -1.72. The quantitative estimate of drug-likeness (QED) is 0.680. The summed E-state index contributed by atoms with van der Waals surface area (Å²) in [6, 6.07) is 8.20. The lowest BCUT2D eigenvalue weighted by Crippen LogP contribution is -2.16. The van der Waals surface area contributed by atoms with Crippen molar-refractivity contribution in [2.45, 2.75) is 26.2 Å². The van der Waals surface area contributed by atoms with Crippen LogP contribution in [-0.2, 0) is 6.42 Å². The van der Waals surface area contributed by atoms with E-state index in [1.54, 1.807) is 11.3 Å². The van der Waals surface area contributed by atoms with E-state index in [1.807, 2.05) is 29.1 Å². The molecule has 3 aromatic rings. The molecular formula is C16H20N4S. The van der Waals surface area contributed by atoms with E-state index in [1.165, 1.54) is 16.7 Å². The van der Waals surface area contributed by atoms with Crippen LogP contribution in [0, 0.1) is 0 Å². The van der Waals surface area contributed by atoms with Gasteiger partial charge < -0.3 is 5.32 Å². The summed E-state index contributed by atoms with van der Waals surface area (Å²) < 4.78 is 3.09. The van der Waals surface area contributed by atoms with Crippen LogP contribution in [-0.4, -0.2) is 27.9 Å². The summed E-state index contributed by atoms with van der Waals surface area (Å²) in [5.74, 6) is 0. The van der Waals surface area contributed by atoms with Crippen molar-refractivity contribution in [3.05, 3.63) is 42.2 Å². The van der Waals surface area contributed by atoms with Crippen LogP contribution in [0.2, 0.25) is 0 Å². The molecule has 0 spiro atoms. The van der Waals surface area contributed by atoms with Gasteiger partial charge in [-0.05, 0) is 50.0 Å². The maximum atomic E-state index is 4.62. The molecule has 1 N–H and O–H groups in total. The monoisotopic (exact) mass is 300 g/mol. The van der Waals surface area contributed by atoms with Crippen LogP contribution in [0.25, 0.3) is 15.3 Å². The normalized spacial score (nSPS) is 11.3. The first-order chi connectivity index (χ1) is 10.4. The third kappa shape index (κ3) is 3.49. The second-order valence-corrected chi connectivity index (χ2v) is 6.12. The lowest BCUT2D eigenvalue weighted by molar-refractivity contribution is 0.640. The minimum Gasteiger partial charge on any atom is -0.317 e. The molecule has 0 radical (unpaired) electrons. The summed E-state index contributed by atoms with van der Waals surface area (Å²) in [4.78, 5) is 4.62. The molecule has 21 heavy (non-hydrogen) atoms. The van der Waals surface area contributed by atoms with E-state index in [0.29, 0.717) is 0 Å². The van der Waals surface area contributed by atoms with E-state index >= 15 is 0 Å². The molecule has 0 aliphatic rings. The Kier molecular flexibility index (Phi) is 4.62. The average molecular weight is 300 g/mol. The fourth-order valence-corrected chi connectivity index (χ4v) is 3.17. The van der Waals surface area contributed by atoms with Crippen molar-refractivity contribution in [1.29, 1.82) is 0 Å². The van der Waals surface area contributed by atoms with E-state index in [-0.39, 0.29) is 0 Å². The lowest BCUT2D eigenvalue weighted by Gasteiger charge is -2.00. The first kappa shape index (κ1) is 14.2. The van der Waals surface area contributed by atoms with Crippen LogP contribution < -0.4 is 5.32 Å². The summed E-state index contributed by atoms with van der Waals surface area (Å²) in [5, 5.41) is 8.80. The highest BCUT2D eigenvalue weighted by atomic mass is 32.1. The molecule has 0 unspecified atom stereocenters. The molecular weight excluding hydrogens is 280 g/mol. The molecule has 0 amide bonds. The van der Waals surface area contributed by atoms with Crippen molar-refractivity contribution >= 4 is 21.6 Å². The number of nitrogens with one attached hydrogen (secondary N) is 1. The van der Waals surface area contributed by atoms with Crippen LogP contribution >= 0.6 is 11.3 Å². The van der Waals surface area contributed by atoms with Gasteiger partial charge in [0.05, 0.1) is 16.4 Å². The number of hydrogen-bond donors (Lipinski definition) is 1. The number of aryl methyl sites for hydroxylation is 1. The summed E-state index contributed by atoms with van der Waals surface area (Å²) >= 11 is 1.68. The molecule has 4 nitrogen and oxygen atoms in total. The van der Waals surface area contributed by atoms with Crippen LogP contribution in [0.4, 0.5) is 0 Å².